The Balaban J connectivity index is 3.28. The molecule has 0 saturated heterocycles. The summed E-state index contributed by atoms with van der Waals surface area (Å²) in [6, 6.07) is 0.770. The summed E-state index contributed by atoms with van der Waals surface area (Å²) in [5, 5.41) is 4.38. The van der Waals surface area contributed by atoms with Gasteiger partial charge in [0.25, 0.3) is 6.43 Å². The lowest BCUT2D eigenvalue weighted by atomic mass is 10.4. The lowest BCUT2D eigenvalue weighted by Crippen LogP contribution is -2.13. The number of nitrogens with two attached hydrogens (primary N) is 1. The van der Waals surface area contributed by atoms with Crippen LogP contribution in [0.2, 0.25) is 5.02 Å². The van der Waals surface area contributed by atoms with Crippen molar-refractivity contribution < 1.29 is 17.2 Å². The molecule has 1 aromatic rings. The van der Waals surface area contributed by atoms with Crippen LogP contribution >= 0.6 is 11.6 Å². The largest absolute Gasteiger partial charge is 0.280 e. The van der Waals surface area contributed by atoms with E-state index in [1.54, 1.807) is 0 Å². The van der Waals surface area contributed by atoms with Gasteiger partial charge in [0.1, 0.15) is 10.6 Å². The Kier molecular flexibility index (Phi) is 3.03. The number of halogens is 3. The summed E-state index contributed by atoms with van der Waals surface area (Å²) >= 11 is 5.43. The number of pyridine rings is 1. The number of primary sulfonamides is 1. The van der Waals surface area contributed by atoms with Crippen LogP contribution in [-0.4, -0.2) is 13.4 Å². The standard InChI is InChI=1S/C6H5ClF2N2O2S/c7-3-1-4(6(8)9)11-2-5(3)14(10,12)13/h1-2,6H,(H2,10,12,13). The first-order valence-electron chi connectivity index (χ1n) is 3.29. The molecular formula is C6H5ClF2N2O2S. The Labute approximate surface area is 83.8 Å². The molecule has 0 aliphatic heterocycles. The molecule has 1 rings (SSSR count). The summed E-state index contributed by atoms with van der Waals surface area (Å²) in [6.07, 6.45) is -2.10. The van der Waals surface area contributed by atoms with Crippen LogP contribution in [0.1, 0.15) is 12.1 Å². The van der Waals surface area contributed by atoms with Gasteiger partial charge in [-0.05, 0) is 6.07 Å². The first-order valence-corrected chi connectivity index (χ1v) is 5.21. The maximum Gasteiger partial charge on any atom is 0.280 e. The SMILES string of the molecule is NS(=O)(=O)c1cnc(C(F)F)cc1Cl. The van der Waals surface area contributed by atoms with Gasteiger partial charge in [0.2, 0.25) is 10.0 Å². The van der Waals surface area contributed by atoms with Gasteiger partial charge in [0, 0.05) is 6.20 Å². The maximum absolute atomic E-state index is 12.1. The summed E-state index contributed by atoms with van der Waals surface area (Å²) in [4.78, 5) is 2.74. The van der Waals surface area contributed by atoms with Crippen LogP contribution in [-0.2, 0) is 10.0 Å². The molecule has 0 saturated carbocycles. The van der Waals surface area contributed by atoms with E-state index in [0.717, 1.165) is 6.07 Å². The topological polar surface area (TPSA) is 73.1 Å². The second-order valence-electron chi connectivity index (χ2n) is 2.39. The van der Waals surface area contributed by atoms with Crippen LogP contribution in [0.5, 0.6) is 0 Å². The van der Waals surface area contributed by atoms with Gasteiger partial charge in [-0.15, -0.1) is 0 Å². The van der Waals surface area contributed by atoms with Gasteiger partial charge in [0.15, 0.2) is 0 Å². The zero-order valence-corrected chi connectivity index (χ0v) is 8.19. The molecule has 14 heavy (non-hydrogen) atoms. The van der Waals surface area contributed by atoms with Crippen molar-refractivity contribution in [1.29, 1.82) is 0 Å². The van der Waals surface area contributed by atoms with Crippen LogP contribution in [0, 0.1) is 0 Å². The van der Waals surface area contributed by atoms with Crippen molar-refractivity contribution in [2.24, 2.45) is 5.14 Å². The molecule has 78 valence electrons. The smallest absolute Gasteiger partial charge is 0.254 e. The summed E-state index contributed by atoms with van der Waals surface area (Å²) in [5.41, 5.74) is -0.595. The first-order chi connectivity index (χ1) is 6.32. The van der Waals surface area contributed by atoms with E-state index in [0.29, 0.717) is 6.20 Å². The van der Waals surface area contributed by atoms with Gasteiger partial charge in [-0.3, -0.25) is 4.98 Å². The van der Waals surface area contributed by atoms with Crippen LogP contribution in [0.25, 0.3) is 0 Å². The highest BCUT2D eigenvalue weighted by atomic mass is 35.5. The van der Waals surface area contributed by atoms with E-state index in [2.05, 4.69) is 4.98 Å². The molecule has 0 unspecified atom stereocenters. The van der Waals surface area contributed by atoms with Gasteiger partial charge in [-0.2, -0.15) is 0 Å². The van der Waals surface area contributed by atoms with Crippen molar-refractivity contribution in [3.8, 4) is 0 Å². The predicted molar refractivity (Wildman–Crippen MR) is 45.6 cm³/mol. The molecule has 0 atom stereocenters. The Hall–Kier alpha value is -0.790. The van der Waals surface area contributed by atoms with E-state index in [-0.39, 0.29) is 5.02 Å². The Morgan fingerprint density at radius 3 is 2.43 bits per heavy atom. The third kappa shape index (κ3) is 2.37. The molecule has 1 aromatic heterocycles. The average Bonchev–Trinajstić information content (AvgIpc) is 2.01. The minimum absolute atomic E-state index is 0.363. The van der Waals surface area contributed by atoms with E-state index >= 15 is 0 Å². The van der Waals surface area contributed by atoms with Gasteiger partial charge in [-0.25, -0.2) is 22.3 Å². The second kappa shape index (κ2) is 3.76. The quantitative estimate of drug-likeness (QED) is 0.850. The fraction of sp³-hybridized carbons (Fsp3) is 0.167. The highest BCUT2D eigenvalue weighted by Gasteiger charge is 2.17. The first kappa shape index (κ1) is 11.3. The summed E-state index contributed by atoms with van der Waals surface area (Å²) < 4.78 is 45.7. The maximum atomic E-state index is 12.1. The van der Waals surface area contributed by atoms with Crippen molar-refractivity contribution in [3.05, 3.63) is 23.0 Å². The van der Waals surface area contributed by atoms with Crippen molar-refractivity contribution in [2.75, 3.05) is 0 Å². The number of sulfonamides is 1. The van der Waals surface area contributed by atoms with Gasteiger partial charge < -0.3 is 0 Å². The minimum atomic E-state index is -4.02. The van der Waals surface area contributed by atoms with E-state index in [1.807, 2.05) is 0 Å². The lowest BCUT2D eigenvalue weighted by Gasteiger charge is -2.03. The fourth-order valence-corrected chi connectivity index (χ4v) is 1.78. The van der Waals surface area contributed by atoms with E-state index in [1.165, 1.54) is 0 Å². The molecule has 0 amide bonds. The van der Waals surface area contributed by atoms with Crippen LogP contribution < -0.4 is 5.14 Å². The van der Waals surface area contributed by atoms with Gasteiger partial charge in [0.05, 0.1) is 5.02 Å². The number of alkyl halides is 2. The Morgan fingerprint density at radius 2 is 2.07 bits per heavy atom. The average molecular weight is 243 g/mol. The second-order valence-corrected chi connectivity index (χ2v) is 4.32. The third-order valence-corrected chi connectivity index (χ3v) is 2.73. The molecule has 0 bridgehead atoms. The molecule has 0 aromatic carbocycles. The summed E-state index contributed by atoms with van der Waals surface area (Å²) in [7, 11) is -4.02. The zero-order chi connectivity index (χ0) is 10.9. The van der Waals surface area contributed by atoms with E-state index in [9.17, 15) is 17.2 Å². The number of hydrogen-bond donors (Lipinski definition) is 1. The number of nitrogens with zero attached hydrogens (tertiary/aromatic N) is 1. The molecule has 1 heterocycles. The van der Waals surface area contributed by atoms with Crippen LogP contribution in [0.4, 0.5) is 8.78 Å². The highest BCUT2D eigenvalue weighted by Crippen LogP contribution is 2.24. The van der Waals surface area contributed by atoms with Crippen molar-refractivity contribution in [2.45, 2.75) is 11.3 Å². The van der Waals surface area contributed by atoms with Gasteiger partial charge >= 0.3 is 0 Å². The molecule has 4 nitrogen and oxygen atoms in total. The third-order valence-electron chi connectivity index (χ3n) is 1.37. The summed E-state index contributed by atoms with van der Waals surface area (Å²) in [6.45, 7) is 0. The molecule has 2 N–H and O–H groups in total. The zero-order valence-electron chi connectivity index (χ0n) is 6.62. The fourth-order valence-electron chi connectivity index (χ4n) is 0.762. The lowest BCUT2D eigenvalue weighted by molar-refractivity contribution is 0.146. The molecule has 0 radical (unpaired) electrons. The van der Waals surface area contributed by atoms with Crippen molar-refractivity contribution >= 4 is 21.6 Å². The minimum Gasteiger partial charge on any atom is -0.254 e. The molecule has 0 fully saturated rings. The van der Waals surface area contributed by atoms with Crippen molar-refractivity contribution in [3.63, 3.8) is 0 Å². The van der Waals surface area contributed by atoms with E-state index < -0.39 is 27.0 Å². The Morgan fingerprint density at radius 1 is 1.50 bits per heavy atom. The van der Waals surface area contributed by atoms with Crippen molar-refractivity contribution in [1.82, 2.24) is 4.98 Å². The monoisotopic (exact) mass is 242 g/mol. The molecule has 0 spiro atoms. The summed E-state index contributed by atoms with van der Waals surface area (Å²) in [5.74, 6) is 0. The van der Waals surface area contributed by atoms with Gasteiger partial charge in [-0.1, -0.05) is 11.6 Å². The van der Waals surface area contributed by atoms with E-state index in [4.69, 9.17) is 16.7 Å². The van der Waals surface area contributed by atoms with Crippen LogP contribution in [0.3, 0.4) is 0 Å². The highest BCUT2D eigenvalue weighted by molar-refractivity contribution is 7.89. The molecule has 0 aliphatic carbocycles. The normalized spacial score (nSPS) is 12.1. The number of rotatable bonds is 2. The molecular weight excluding hydrogens is 238 g/mol. The Bertz CT molecular complexity index is 449. The molecule has 0 aliphatic rings. The predicted octanol–water partition coefficient (Wildman–Crippen LogP) is 1.32. The number of hydrogen-bond acceptors (Lipinski definition) is 3. The number of aromatic nitrogens is 1. The molecule has 8 heteroatoms. The van der Waals surface area contributed by atoms with Crippen LogP contribution in [0.15, 0.2) is 17.2 Å².